The lowest BCUT2D eigenvalue weighted by molar-refractivity contribution is -0.302. The summed E-state index contributed by atoms with van der Waals surface area (Å²) < 4.78 is 16.6. The number of aliphatic hydroxyl groups is 5. The molecule has 0 saturated carbocycles. The minimum atomic E-state index is -1.58. The van der Waals surface area contributed by atoms with Gasteiger partial charge in [0.1, 0.15) is 24.4 Å². The van der Waals surface area contributed by atoms with Crippen molar-refractivity contribution >= 4 is 11.9 Å². The lowest BCUT2D eigenvalue weighted by Gasteiger charge is -2.40. The predicted molar refractivity (Wildman–Crippen MR) is 274 cm³/mol. The molecule has 7 unspecified atom stereocenters. The molecule has 0 aromatic heterocycles. The van der Waals surface area contributed by atoms with Crippen LogP contribution in [-0.2, 0) is 23.8 Å². The van der Waals surface area contributed by atoms with E-state index in [4.69, 9.17) is 14.2 Å². The Morgan fingerprint density at radius 3 is 1.46 bits per heavy atom. The SMILES string of the molecule is CC/C=C/CC/C=C/CC/C=C/C(O)C(COC1OC(CO)C(O)C(O)C1O)NC(=O)CCCCCCCCCCCCCCCCCCCCOC(=O)CCCCCCCCCCCCC. The van der Waals surface area contributed by atoms with E-state index in [0.29, 0.717) is 19.4 Å². The standard InChI is InChI=1S/C56H103NO10/c1-3-5-7-9-11-13-23-28-32-36-40-44-52(61)65-45-41-37-33-29-25-22-20-18-16-15-17-19-21-24-27-31-35-39-43-51(60)57-48(47-66-56-55(64)54(63)53(62)50(46-58)67-56)49(59)42-38-34-30-26-14-12-10-8-6-4-2/h6,8,14,26,38,42,48-50,53-56,58-59,62-64H,3-5,7,9-13,15-25,27-37,39-41,43-47H2,1-2H3,(H,57,60)/b8-6+,26-14+,42-38+. The Kier molecular flexibility index (Phi) is 43.4. The van der Waals surface area contributed by atoms with Crippen molar-refractivity contribution in [2.75, 3.05) is 19.8 Å². The molecule has 0 spiro atoms. The topological polar surface area (TPSA) is 175 Å². The van der Waals surface area contributed by atoms with Crippen LogP contribution in [0.1, 0.15) is 245 Å². The van der Waals surface area contributed by atoms with Crippen LogP contribution in [0.15, 0.2) is 36.5 Å². The van der Waals surface area contributed by atoms with Gasteiger partial charge in [0.05, 0.1) is 32.0 Å². The van der Waals surface area contributed by atoms with E-state index in [2.05, 4.69) is 43.5 Å². The van der Waals surface area contributed by atoms with Crippen LogP contribution in [-0.4, -0.2) is 100 Å². The van der Waals surface area contributed by atoms with Gasteiger partial charge in [0.15, 0.2) is 6.29 Å². The first-order valence-electron chi connectivity index (χ1n) is 27.8. The predicted octanol–water partition coefficient (Wildman–Crippen LogP) is 11.9. The van der Waals surface area contributed by atoms with Crippen molar-refractivity contribution in [3.63, 3.8) is 0 Å². The number of ether oxygens (including phenoxy) is 3. The molecule has 1 fully saturated rings. The Hall–Kier alpha value is -2.12. The maximum Gasteiger partial charge on any atom is 0.305 e. The molecule has 7 atom stereocenters. The lowest BCUT2D eigenvalue weighted by atomic mass is 9.99. The number of rotatable bonds is 47. The number of unbranched alkanes of at least 4 members (excludes halogenated alkanes) is 29. The second-order valence-corrected chi connectivity index (χ2v) is 19.2. The Balaban J connectivity index is 2.08. The second-order valence-electron chi connectivity index (χ2n) is 19.2. The van der Waals surface area contributed by atoms with Crippen LogP contribution >= 0.6 is 0 Å². The van der Waals surface area contributed by atoms with Crippen LogP contribution in [0.4, 0.5) is 0 Å². The highest BCUT2D eigenvalue weighted by Crippen LogP contribution is 2.23. The number of hydrogen-bond acceptors (Lipinski definition) is 10. The van der Waals surface area contributed by atoms with Crippen LogP contribution in [0, 0.1) is 0 Å². The number of amides is 1. The van der Waals surface area contributed by atoms with E-state index in [-0.39, 0.29) is 18.5 Å². The Labute approximate surface area is 409 Å². The van der Waals surface area contributed by atoms with Crippen LogP contribution in [0.5, 0.6) is 0 Å². The average Bonchev–Trinajstić information content (AvgIpc) is 3.32. The molecule has 1 aliphatic rings. The van der Waals surface area contributed by atoms with E-state index in [1.54, 1.807) is 6.08 Å². The summed E-state index contributed by atoms with van der Waals surface area (Å²) in [7, 11) is 0. The molecule has 0 bridgehead atoms. The summed E-state index contributed by atoms with van der Waals surface area (Å²) in [5.74, 6) is -0.213. The van der Waals surface area contributed by atoms with Gasteiger partial charge in [-0.2, -0.15) is 0 Å². The highest BCUT2D eigenvalue weighted by Gasteiger charge is 2.44. The molecule has 0 aromatic rings. The first kappa shape index (κ1) is 62.9. The maximum atomic E-state index is 13.0. The van der Waals surface area contributed by atoms with Crippen molar-refractivity contribution in [2.24, 2.45) is 0 Å². The normalized spacial score (nSPS) is 19.8. The summed E-state index contributed by atoms with van der Waals surface area (Å²) in [6, 6.07) is -0.836. The molecule has 0 aromatic carbocycles. The quantitative estimate of drug-likeness (QED) is 0.0196. The number of esters is 1. The highest BCUT2D eigenvalue weighted by atomic mass is 16.7. The molecule has 0 aliphatic carbocycles. The molecule has 0 radical (unpaired) electrons. The van der Waals surface area contributed by atoms with Gasteiger partial charge >= 0.3 is 5.97 Å². The summed E-state index contributed by atoms with van der Waals surface area (Å²) >= 11 is 0. The molecule has 6 N–H and O–H groups in total. The first-order chi connectivity index (χ1) is 32.7. The van der Waals surface area contributed by atoms with E-state index in [9.17, 15) is 35.1 Å². The van der Waals surface area contributed by atoms with Crippen molar-refractivity contribution in [2.45, 2.75) is 288 Å². The zero-order valence-corrected chi connectivity index (χ0v) is 42.9. The van der Waals surface area contributed by atoms with E-state index in [0.717, 1.165) is 83.5 Å². The molecule has 11 heteroatoms. The molecule has 1 saturated heterocycles. The van der Waals surface area contributed by atoms with Gasteiger partial charge < -0.3 is 45.1 Å². The largest absolute Gasteiger partial charge is 0.466 e. The van der Waals surface area contributed by atoms with Crippen molar-refractivity contribution < 1.29 is 49.3 Å². The third kappa shape index (κ3) is 36.5. The zero-order chi connectivity index (χ0) is 48.8. The van der Waals surface area contributed by atoms with Gasteiger partial charge in [-0.25, -0.2) is 0 Å². The lowest BCUT2D eigenvalue weighted by Crippen LogP contribution is -2.60. The third-order valence-electron chi connectivity index (χ3n) is 13.0. The Bertz CT molecular complexity index is 1210. The zero-order valence-electron chi connectivity index (χ0n) is 42.9. The highest BCUT2D eigenvalue weighted by molar-refractivity contribution is 5.76. The van der Waals surface area contributed by atoms with Gasteiger partial charge in [-0.15, -0.1) is 0 Å². The van der Waals surface area contributed by atoms with E-state index in [1.165, 1.54) is 135 Å². The van der Waals surface area contributed by atoms with E-state index < -0.39 is 49.5 Å². The van der Waals surface area contributed by atoms with Gasteiger partial charge in [-0.3, -0.25) is 9.59 Å². The fourth-order valence-electron chi connectivity index (χ4n) is 8.59. The van der Waals surface area contributed by atoms with Crippen LogP contribution in [0.3, 0.4) is 0 Å². The number of carbonyl (C=O) groups excluding carboxylic acids is 2. The summed E-state index contributed by atoms with van der Waals surface area (Å²) in [4.78, 5) is 25.0. The molecule has 1 heterocycles. The molecule has 67 heavy (non-hydrogen) atoms. The van der Waals surface area contributed by atoms with Crippen LogP contribution in [0.25, 0.3) is 0 Å². The number of carbonyl (C=O) groups is 2. The number of allylic oxidation sites excluding steroid dienone is 5. The molecule has 392 valence electrons. The number of aliphatic hydroxyl groups excluding tert-OH is 5. The van der Waals surface area contributed by atoms with E-state index in [1.807, 2.05) is 6.08 Å². The van der Waals surface area contributed by atoms with Gasteiger partial charge in [0.25, 0.3) is 0 Å². The summed E-state index contributed by atoms with van der Waals surface area (Å²) in [5, 5.41) is 54.1. The van der Waals surface area contributed by atoms with Crippen molar-refractivity contribution in [3.05, 3.63) is 36.5 Å². The average molecular weight is 950 g/mol. The van der Waals surface area contributed by atoms with Crippen molar-refractivity contribution in [1.29, 1.82) is 0 Å². The Morgan fingerprint density at radius 2 is 0.985 bits per heavy atom. The van der Waals surface area contributed by atoms with Gasteiger partial charge in [-0.1, -0.05) is 217 Å². The number of hydrogen-bond donors (Lipinski definition) is 6. The van der Waals surface area contributed by atoms with Gasteiger partial charge in [0, 0.05) is 12.8 Å². The monoisotopic (exact) mass is 950 g/mol. The maximum absolute atomic E-state index is 13.0. The molecule has 1 aliphatic heterocycles. The third-order valence-corrected chi connectivity index (χ3v) is 13.0. The van der Waals surface area contributed by atoms with Crippen molar-refractivity contribution in [1.82, 2.24) is 5.32 Å². The fourth-order valence-corrected chi connectivity index (χ4v) is 8.59. The smallest absolute Gasteiger partial charge is 0.305 e. The van der Waals surface area contributed by atoms with Crippen LogP contribution in [0.2, 0.25) is 0 Å². The summed E-state index contributed by atoms with van der Waals surface area (Å²) in [6.45, 7) is 4.18. The fraction of sp³-hybridized carbons (Fsp3) is 0.857. The van der Waals surface area contributed by atoms with Gasteiger partial charge in [-0.05, 0) is 51.4 Å². The second kappa shape index (κ2) is 46.3. The molecular formula is C56H103NO10. The minimum Gasteiger partial charge on any atom is -0.466 e. The summed E-state index contributed by atoms with van der Waals surface area (Å²) in [5.41, 5.74) is 0. The molecular weight excluding hydrogens is 847 g/mol. The summed E-state index contributed by atoms with van der Waals surface area (Å²) in [6.07, 6.45) is 45.3. The molecule has 1 rings (SSSR count). The Morgan fingerprint density at radius 1 is 0.552 bits per heavy atom. The molecule has 11 nitrogen and oxygen atoms in total. The molecule has 1 amide bonds. The van der Waals surface area contributed by atoms with Crippen molar-refractivity contribution in [3.8, 4) is 0 Å². The minimum absolute atomic E-state index is 0.0104. The van der Waals surface area contributed by atoms with Crippen LogP contribution < -0.4 is 5.32 Å². The first-order valence-corrected chi connectivity index (χ1v) is 27.8. The number of nitrogens with one attached hydrogen (secondary N) is 1. The van der Waals surface area contributed by atoms with Gasteiger partial charge in [0.2, 0.25) is 5.91 Å². The van der Waals surface area contributed by atoms with E-state index >= 15 is 0 Å².